The molecule has 0 aliphatic carbocycles. The van der Waals surface area contributed by atoms with E-state index in [9.17, 15) is 22.0 Å². The molecule has 0 aromatic heterocycles. The Morgan fingerprint density at radius 1 is 0.905 bits per heavy atom. The highest BCUT2D eigenvalue weighted by Gasteiger charge is 2.21. The first-order chi connectivity index (χ1) is 9.81. The molecule has 1 unspecified atom stereocenters. The van der Waals surface area contributed by atoms with Crippen LogP contribution in [0.2, 0.25) is 5.02 Å². The summed E-state index contributed by atoms with van der Waals surface area (Å²) in [5.74, 6) is -6.74. The van der Waals surface area contributed by atoms with Gasteiger partial charge in [-0.15, -0.1) is 0 Å². The molecule has 21 heavy (non-hydrogen) atoms. The van der Waals surface area contributed by atoms with Crippen LogP contribution in [0.1, 0.15) is 18.5 Å². The smallest absolute Gasteiger partial charge is 0.185 e. The molecule has 0 saturated heterocycles. The normalized spacial score (nSPS) is 12.3. The Bertz CT molecular complexity index is 663. The van der Waals surface area contributed by atoms with Crippen molar-refractivity contribution in [3.63, 3.8) is 0 Å². The first-order valence-corrected chi connectivity index (χ1v) is 6.23. The molecule has 0 aliphatic rings. The molecule has 0 heterocycles. The average molecular weight is 322 g/mol. The Balaban J connectivity index is 2.35. The quantitative estimate of drug-likeness (QED) is 0.604. The van der Waals surface area contributed by atoms with Crippen molar-refractivity contribution in [1.82, 2.24) is 0 Å². The second kappa shape index (κ2) is 5.89. The number of hydrogen-bond acceptors (Lipinski definition) is 1. The van der Waals surface area contributed by atoms with E-state index < -0.39 is 40.8 Å². The molecular formula is C14H9ClF5N. The summed E-state index contributed by atoms with van der Waals surface area (Å²) in [6, 6.07) is 3.03. The van der Waals surface area contributed by atoms with Crippen LogP contribution in [0.25, 0.3) is 0 Å². The molecule has 2 aromatic carbocycles. The number of halogens is 6. The van der Waals surface area contributed by atoms with E-state index >= 15 is 0 Å². The minimum Gasteiger partial charge on any atom is -0.374 e. The van der Waals surface area contributed by atoms with Crippen molar-refractivity contribution in [2.75, 3.05) is 5.32 Å². The van der Waals surface area contributed by atoms with E-state index in [1.165, 1.54) is 19.1 Å². The van der Waals surface area contributed by atoms with Crippen LogP contribution in [0.4, 0.5) is 27.6 Å². The number of anilines is 1. The van der Waals surface area contributed by atoms with E-state index in [-0.39, 0.29) is 11.1 Å². The summed E-state index contributed by atoms with van der Waals surface area (Å²) in [7, 11) is 0. The number of rotatable bonds is 3. The molecule has 0 saturated carbocycles. The molecule has 1 nitrogen and oxygen atoms in total. The van der Waals surface area contributed by atoms with Crippen molar-refractivity contribution in [1.29, 1.82) is 0 Å². The van der Waals surface area contributed by atoms with Gasteiger partial charge in [0.25, 0.3) is 0 Å². The van der Waals surface area contributed by atoms with Crippen molar-refractivity contribution in [3.05, 3.63) is 63.9 Å². The molecule has 1 N–H and O–H groups in total. The van der Waals surface area contributed by atoms with Gasteiger partial charge in [-0.05, 0) is 24.6 Å². The van der Waals surface area contributed by atoms with E-state index in [4.69, 9.17) is 11.6 Å². The summed E-state index contributed by atoms with van der Waals surface area (Å²) >= 11 is 5.60. The predicted molar refractivity (Wildman–Crippen MR) is 69.7 cm³/mol. The van der Waals surface area contributed by atoms with Gasteiger partial charge in [-0.2, -0.15) is 0 Å². The fourth-order valence-corrected chi connectivity index (χ4v) is 1.97. The molecule has 0 spiro atoms. The highest BCUT2D eigenvalue weighted by atomic mass is 35.5. The zero-order valence-electron chi connectivity index (χ0n) is 10.7. The molecule has 0 radical (unpaired) electrons. The third-order valence-electron chi connectivity index (χ3n) is 2.92. The largest absolute Gasteiger partial charge is 0.374 e. The van der Waals surface area contributed by atoms with Crippen molar-refractivity contribution in [2.24, 2.45) is 0 Å². The van der Waals surface area contributed by atoms with Crippen LogP contribution in [-0.4, -0.2) is 0 Å². The highest BCUT2D eigenvalue weighted by molar-refractivity contribution is 6.30. The predicted octanol–water partition coefficient (Wildman–Crippen LogP) is 5.21. The third kappa shape index (κ3) is 3.10. The van der Waals surface area contributed by atoms with Gasteiger partial charge in [0.1, 0.15) is 11.5 Å². The Morgan fingerprint density at radius 3 is 2.00 bits per heavy atom. The van der Waals surface area contributed by atoms with Crippen molar-refractivity contribution >= 4 is 17.3 Å². The highest BCUT2D eigenvalue weighted by Crippen LogP contribution is 2.29. The monoisotopic (exact) mass is 321 g/mol. The Labute approximate surface area is 122 Å². The van der Waals surface area contributed by atoms with Gasteiger partial charge < -0.3 is 5.32 Å². The second-order valence-corrected chi connectivity index (χ2v) is 4.79. The Hall–Kier alpha value is -1.82. The van der Waals surface area contributed by atoms with Crippen molar-refractivity contribution in [2.45, 2.75) is 13.0 Å². The maximum absolute atomic E-state index is 13.5. The lowest BCUT2D eigenvalue weighted by Crippen LogP contribution is -2.12. The molecule has 0 fully saturated rings. The lowest BCUT2D eigenvalue weighted by atomic mass is 10.1. The van der Waals surface area contributed by atoms with Crippen LogP contribution in [0.5, 0.6) is 0 Å². The SMILES string of the molecule is CC(Nc1c(F)c(F)cc(F)c1F)c1ccc(F)c(Cl)c1. The van der Waals surface area contributed by atoms with E-state index in [0.717, 1.165) is 6.07 Å². The van der Waals surface area contributed by atoms with Crippen LogP contribution in [-0.2, 0) is 0 Å². The number of hydrogen-bond donors (Lipinski definition) is 1. The molecule has 7 heteroatoms. The molecular weight excluding hydrogens is 313 g/mol. The lowest BCUT2D eigenvalue weighted by Gasteiger charge is -2.17. The van der Waals surface area contributed by atoms with E-state index in [1.807, 2.05) is 0 Å². The maximum Gasteiger partial charge on any atom is 0.185 e. The molecule has 0 bridgehead atoms. The van der Waals surface area contributed by atoms with Gasteiger partial charge in [0.05, 0.1) is 5.02 Å². The zero-order chi connectivity index (χ0) is 15.7. The molecule has 1 atom stereocenters. The van der Waals surface area contributed by atoms with Gasteiger partial charge in [-0.1, -0.05) is 17.7 Å². The van der Waals surface area contributed by atoms with Crippen molar-refractivity contribution in [3.8, 4) is 0 Å². The molecule has 0 amide bonds. The van der Waals surface area contributed by atoms with Crippen molar-refractivity contribution < 1.29 is 22.0 Å². The lowest BCUT2D eigenvalue weighted by molar-refractivity contribution is 0.457. The molecule has 2 rings (SSSR count). The van der Waals surface area contributed by atoms with Crippen LogP contribution in [0, 0.1) is 29.1 Å². The number of benzene rings is 2. The fraction of sp³-hybridized carbons (Fsp3) is 0.143. The zero-order valence-corrected chi connectivity index (χ0v) is 11.4. The van der Waals surface area contributed by atoms with Gasteiger partial charge >= 0.3 is 0 Å². The minimum atomic E-state index is -1.53. The first-order valence-electron chi connectivity index (χ1n) is 5.85. The number of nitrogens with one attached hydrogen (secondary N) is 1. The van der Waals surface area contributed by atoms with E-state index in [1.54, 1.807) is 0 Å². The Kier molecular flexibility index (Phi) is 4.37. The maximum atomic E-state index is 13.5. The first kappa shape index (κ1) is 15.6. The summed E-state index contributed by atoms with van der Waals surface area (Å²) in [4.78, 5) is 0. The molecule has 2 aromatic rings. The molecule has 0 aliphatic heterocycles. The van der Waals surface area contributed by atoms with Gasteiger partial charge in [-0.3, -0.25) is 0 Å². The summed E-state index contributed by atoms with van der Waals surface area (Å²) in [5.41, 5.74) is -0.537. The fourth-order valence-electron chi connectivity index (χ4n) is 1.78. The topological polar surface area (TPSA) is 12.0 Å². The van der Waals surface area contributed by atoms with Crippen LogP contribution in [0.15, 0.2) is 24.3 Å². The van der Waals surface area contributed by atoms with Gasteiger partial charge in [0.15, 0.2) is 23.3 Å². The summed E-state index contributed by atoms with van der Waals surface area (Å²) < 4.78 is 66.3. The van der Waals surface area contributed by atoms with Crippen LogP contribution < -0.4 is 5.32 Å². The van der Waals surface area contributed by atoms with Gasteiger partial charge in [0, 0.05) is 12.1 Å². The van der Waals surface area contributed by atoms with E-state index in [2.05, 4.69) is 5.32 Å². The third-order valence-corrected chi connectivity index (χ3v) is 3.21. The van der Waals surface area contributed by atoms with Crippen LogP contribution >= 0.6 is 11.6 Å². The van der Waals surface area contributed by atoms with Gasteiger partial charge in [0.2, 0.25) is 0 Å². The standard InChI is InChI=1S/C14H9ClF5N/c1-6(7-2-3-9(16)8(15)4-7)21-14-12(19)10(17)5-11(18)13(14)20/h2-6,21H,1H3. The van der Waals surface area contributed by atoms with Gasteiger partial charge in [-0.25, -0.2) is 22.0 Å². The second-order valence-electron chi connectivity index (χ2n) is 4.38. The average Bonchev–Trinajstić information content (AvgIpc) is 2.44. The summed E-state index contributed by atoms with van der Waals surface area (Å²) in [6.07, 6.45) is 0. The van der Waals surface area contributed by atoms with Crippen LogP contribution in [0.3, 0.4) is 0 Å². The summed E-state index contributed by atoms with van der Waals surface area (Å²) in [5, 5.41) is 2.14. The molecule has 112 valence electrons. The minimum absolute atomic E-state index is 0.120. The Morgan fingerprint density at radius 2 is 1.48 bits per heavy atom. The summed E-state index contributed by atoms with van der Waals surface area (Å²) in [6.45, 7) is 1.48. The van der Waals surface area contributed by atoms with E-state index in [0.29, 0.717) is 5.56 Å².